The highest BCUT2D eigenvalue weighted by atomic mass is 35.5. The van der Waals surface area contributed by atoms with Gasteiger partial charge in [0, 0.05) is 20.2 Å². The van der Waals surface area contributed by atoms with Crippen LogP contribution in [0, 0.1) is 0 Å². The molecule has 0 radical (unpaired) electrons. The minimum atomic E-state index is -0.957. The highest BCUT2D eigenvalue weighted by Crippen LogP contribution is 2.24. The molecule has 1 aliphatic rings. The molecule has 2 unspecified atom stereocenters. The number of aliphatic carboxylic acids is 1. The number of piperidine rings is 1. The second-order valence-electron chi connectivity index (χ2n) is 4.30. The number of carboxylic acid groups (broad SMARTS) is 1. The van der Waals surface area contributed by atoms with Crippen molar-refractivity contribution in [2.24, 2.45) is 0 Å². The molecule has 1 aliphatic heterocycles. The SMILES string of the molecule is COC1(C)CCCN(CC(Cl)C(=O)O)C1. The zero-order valence-electron chi connectivity index (χ0n) is 9.20. The summed E-state index contributed by atoms with van der Waals surface area (Å²) in [5.74, 6) is -0.957. The van der Waals surface area contributed by atoms with E-state index in [9.17, 15) is 4.79 Å². The number of hydrogen-bond donors (Lipinski definition) is 1. The number of hydrogen-bond acceptors (Lipinski definition) is 3. The number of likely N-dealkylation sites (tertiary alicyclic amines) is 1. The number of methoxy groups -OCH3 is 1. The number of alkyl halides is 1. The van der Waals surface area contributed by atoms with Gasteiger partial charge >= 0.3 is 5.97 Å². The van der Waals surface area contributed by atoms with Crippen LogP contribution in [0.15, 0.2) is 0 Å². The third-order valence-electron chi connectivity index (χ3n) is 2.92. The van der Waals surface area contributed by atoms with Crippen LogP contribution in [0.1, 0.15) is 19.8 Å². The van der Waals surface area contributed by atoms with E-state index in [-0.39, 0.29) is 5.60 Å². The molecule has 88 valence electrons. The molecule has 1 N–H and O–H groups in total. The van der Waals surface area contributed by atoms with Crippen molar-refractivity contribution in [2.45, 2.75) is 30.7 Å². The maximum absolute atomic E-state index is 10.6. The molecule has 5 heteroatoms. The molecule has 0 aromatic heterocycles. The average Bonchev–Trinajstić information content (AvgIpc) is 2.18. The smallest absolute Gasteiger partial charge is 0.322 e. The summed E-state index contributed by atoms with van der Waals surface area (Å²) in [6.45, 7) is 4.08. The minimum Gasteiger partial charge on any atom is -0.480 e. The molecule has 1 heterocycles. The van der Waals surface area contributed by atoms with Crippen molar-refractivity contribution in [3.8, 4) is 0 Å². The fourth-order valence-electron chi connectivity index (χ4n) is 1.93. The Morgan fingerprint density at radius 1 is 1.73 bits per heavy atom. The first kappa shape index (κ1) is 12.7. The van der Waals surface area contributed by atoms with Crippen molar-refractivity contribution < 1.29 is 14.6 Å². The van der Waals surface area contributed by atoms with E-state index in [2.05, 4.69) is 4.90 Å². The van der Waals surface area contributed by atoms with Crippen molar-refractivity contribution in [1.29, 1.82) is 0 Å². The van der Waals surface area contributed by atoms with Crippen LogP contribution in [0.25, 0.3) is 0 Å². The Hall–Kier alpha value is -0.320. The molecular weight excluding hydrogens is 218 g/mol. The van der Waals surface area contributed by atoms with Gasteiger partial charge in [-0.1, -0.05) is 0 Å². The number of nitrogens with zero attached hydrogens (tertiary/aromatic N) is 1. The van der Waals surface area contributed by atoms with E-state index in [1.54, 1.807) is 7.11 Å². The summed E-state index contributed by atoms with van der Waals surface area (Å²) in [7, 11) is 1.69. The van der Waals surface area contributed by atoms with Gasteiger partial charge in [0.2, 0.25) is 0 Å². The quantitative estimate of drug-likeness (QED) is 0.744. The first-order valence-electron chi connectivity index (χ1n) is 5.11. The Bertz CT molecular complexity index is 237. The summed E-state index contributed by atoms with van der Waals surface area (Å²) in [5, 5.41) is 7.88. The fraction of sp³-hybridized carbons (Fsp3) is 0.900. The number of halogens is 1. The number of carboxylic acids is 1. The zero-order chi connectivity index (χ0) is 11.5. The lowest BCUT2D eigenvalue weighted by molar-refractivity contribution is -0.137. The summed E-state index contributed by atoms with van der Waals surface area (Å²) in [6, 6.07) is 0. The molecule has 0 aromatic rings. The van der Waals surface area contributed by atoms with Gasteiger partial charge < -0.3 is 9.84 Å². The molecule has 0 saturated carbocycles. The fourth-order valence-corrected chi connectivity index (χ4v) is 2.13. The zero-order valence-corrected chi connectivity index (χ0v) is 9.96. The van der Waals surface area contributed by atoms with Gasteiger partial charge in [-0.15, -0.1) is 11.6 Å². The van der Waals surface area contributed by atoms with Gasteiger partial charge in [-0.2, -0.15) is 0 Å². The van der Waals surface area contributed by atoms with Crippen LogP contribution in [-0.2, 0) is 9.53 Å². The van der Waals surface area contributed by atoms with Gasteiger partial charge in [0.25, 0.3) is 0 Å². The molecule has 4 nitrogen and oxygen atoms in total. The molecule has 1 saturated heterocycles. The first-order chi connectivity index (χ1) is 6.97. The predicted octanol–water partition coefficient (Wildman–Crippen LogP) is 1.18. The third kappa shape index (κ3) is 3.63. The maximum Gasteiger partial charge on any atom is 0.322 e. The van der Waals surface area contributed by atoms with Crippen LogP contribution in [0.5, 0.6) is 0 Å². The lowest BCUT2D eigenvalue weighted by atomic mass is 9.94. The molecule has 15 heavy (non-hydrogen) atoms. The molecule has 0 aromatic carbocycles. The van der Waals surface area contributed by atoms with E-state index < -0.39 is 11.3 Å². The van der Waals surface area contributed by atoms with Gasteiger partial charge in [-0.05, 0) is 26.3 Å². The molecule has 0 spiro atoms. The Morgan fingerprint density at radius 2 is 2.40 bits per heavy atom. The second-order valence-corrected chi connectivity index (χ2v) is 4.83. The third-order valence-corrected chi connectivity index (χ3v) is 3.24. The lowest BCUT2D eigenvalue weighted by Crippen LogP contribution is -2.49. The largest absolute Gasteiger partial charge is 0.480 e. The summed E-state index contributed by atoms with van der Waals surface area (Å²) < 4.78 is 5.42. The molecule has 1 fully saturated rings. The van der Waals surface area contributed by atoms with Crippen LogP contribution >= 0.6 is 11.6 Å². The van der Waals surface area contributed by atoms with Gasteiger partial charge in [0.1, 0.15) is 5.38 Å². The molecule has 0 amide bonds. The summed E-state index contributed by atoms with van der Waals surface area (Å²) in [4.78, 5) is 12.7. The van der Waals surface area contributed by atoms with Crippen LogP contribution in [0.4, 0.5) is 0 Å². The molecule has 0 bridgehead atoms. The second kappa shape index (κ2) is 5.14. The summed E-state index contributed by atoms with van der Waals surface area (Å²) in [6.07, 6.45) is 2.04. The Balaban J connectivity index is 2.46. The van der Waals surface area contributed by atoms with Crippen molar-refractivity contribution in [2.75, 3.05) is 26.7 Å². The monoisotopic (exact) mass is 235 g/mol. The highest BCUT2D eigenvalue weighted by Gasteiger charge is 2.32. The van der Waals surface area contributed by atoms with Crippen molar-refractivity contribution in [1.82, 2.24) is 4.90 Å². The van der Waals surface area contributed by atoms with Crippen LogP contribution in [0.3, 0.4) is 0 Å². The number of carbonyl (C=O) groups is 1. The van der Waals surface area contributed by atoms with Crippen LogP contribution in [0.2, 0.25) is 0 Å². The molecule has 0 aliphatic carbocycles. The van der Waals surface area contributed by atoms with Crippen LogP contribution in [-0.4, -0.2) is 53.7 Å². The van der Waals surface area contributed by atoms with Crippen molar-refractivity contribution in [3.05, 3.63) is 0 Å². The Labute approximate surface area is 95.2 Å². The normalized spacial score (nSPS) is 30.1. The van der Waals surface area contributed by atoms with Gasteiger partial charge in [-0.3, -0.25) is 9.69 Å². The lowest BCUT2D eigenvalue weighted by Gasteiger charge is -2.39. The van der Waals surface area contributed by atoms with Crippen molar-refractivity contribution >= 4 is 17.6 Å². The van der Waals surface area contributed by atoms with E-state index in [1.165, 1.54) is 0 Å². The van der Waals surface area contributed by atoms with E-state index in [0.717, 1.165) is 25.9 Å². The van der Waals surface area contributed by atoms with E-state index in [0.29, 0.717) is 6.54 Å². The number of rotatable bonds is 4. The van der Waals surface area contributed by atoms with E-state index >= 15 is 0 Å². The first-order valence-corrected chi connectivity index (χ1v) is 5.55. The van der Waals surface area contributed by atoms with Crippen LogP contribution < -0.4 is 0 Å². The number of ether oxygens (including phenoxy) is 1. The standard InChI is InChI=1S/C10H18ClNO3/c1-10(15-2)4-3-5-12(7-10)6-8(11)9(13)14/h8H,3-7H2,1-2H3,(H,13,14). The Kier molecular flexibility index (Phi) is 4.37. The molecule has 1 rings (SSSR count). The van der Waals surface area contributed by atoms with Gasteiger partial charge in [0.15, 0.2) is 0 Å². The Morgan fingerprint density at radius 3 is 2.93 bits per heavy atom. The van der Waals surface area contributed by atoms with Gasteiger partial charge in [0.05, 0.1) is 5.60 Å². The minimum absolute atomic E-state index is 0.159. The van der Waals surface area contributed by atoms with Gasteiger partial charge in [-0.25, -0.2) is 0 Å². The average molecular weight is 236 g/mol. The summed E-state index contributed by atoms with van der Waals surface area (Å²) in [5.41, 5.74) is -0.159. The van der Waals surface area contributed by atoms with E-state index in [1.807, 2.05) is 6.92 Å². The molecule has 2 atom stereocenters. The topological polar surface area (TPSA) is 49.8 Å². The van der Waals surface area contributed by atoms with E-state index in [4.69, 9.17) is 21.4 Å². The maximum atomic E-state index is 10.6. The molecular formula is C10H18ClNO3. The highest BCUT2D eigenvalue weighted by molar-refractivity contribution is 6.29. The van der Waals surface area contributed by atoms with Crippen molar-refractivity contribution in [3.63, 3.8) is 0 Å². The summed E-state index contributed by atoms with van der Waals surface area (Å²) >= 11 is 5.70. The predicted molar refractivity (Wildman–Crippen MR) is 58.4 cm³/mol.